The lowest BCUT2D eigenvalue weighted by Crippen LogP contribution is -2.45. The number of carbonyl (C=O) groups excluding carboxylic acids is 1. The third-order valence-electron chi connectivity index (χ3n) is 3.92. The highest BCUT2D eigenvalue weighted by molar-refractivity contribution is 5.92. The molecule has 0 saturated carbocycles. The van der Waals surface area contributed by atoms with Gasteiger partial charge in [-0.3, -0.25) is 9.59 Å². The summed E-state index contributed by atoms with van der Waals surface area (Å²) in [6.07, 6.45) is 3.01. The van der Waals surface area contributed by atoms with Crippen molar-refractivity contribution in [2.24, 2.45) is 7.05 Å². The summed E-state index contributed by atoms with van der Waals surface area (Å²) < 4.78 is 12.0. The van der Waals surface area contributed by atoms with Gasteiger partial charge in [0.05, 0.1) is 13.7 Å². The van der Waals surface area contributed by atoms with Crippen molar-refractivity contribution >= 4 is 5.91 Å². The molecule has 3 rings (SSSR count). The van der Waals surface area contributed by atoms with E-state index in [9.17, 15) is 9.59 Å². The van der Waals surface area contributed by atoms with Crippen molar-refractivity contribution in [3.8, 4) is 11.9 Å². The Bertz CT molecular complexity index is 822. The Balaban J connectivity index is 1.68. The first kappa shape index (κ1) is 16.9. The summed E-state index contributed by atoms with van der Waals surface area (Å²) in [7, 11) is 3.00. The number of methoxy groups -OCH3 is 1. The Morgan fingerprint density at radius 1 is 1.32 bits per heavy atom. The molecule has 2 aromatic rings. The molecule has 1 atom stereocenters. The minimum absolute atomic E-state index is 0.176. The highest BCUT2D eigenvalue weighted by Gasteiger charge is 2.27. The van der Waals surface area contributed by atoms with Gasteiger partial charge in [0.25, 0.3) is 11.5 Å². The first-order valence-corrected chi connectivity index (χ1v) is 7.94. The van der Waals surface area contributed by atoms with Crippen molar-refractivity contribution in [2.75, 3.05) is 20.2 Å². The van der Waals surface area contributed by atoms with Gasteiger partial charge in [0.15, 0.2) is 0 Å². The van der Waals surface area contributed by atoms with Crippen LogP contribution in [0.3, 0.4) is 0 Å². The van der Waals surface area contributed by atoms with E-state index >= 15 is 0 Å². The van der Waals surface area contributed by atoms with Gasteiger partial charge in [-0.05, 0) is 18.9 Å². The van der Waals surface area contributed by atoms with Gasteiger partial charge in [-0.1, -0.05) is 0 Å². The quantitative estimate of drug-likeness (QED) is 0.784. The molecule has 2 aromatic heterocycles. The Morgan fingerprint density at radius 3 is 2.92 bits per heavy atom. The maximum absolute atomic E-state index is 12.6. The molecule has 0 N–H and O–H groups in total. The molecule has 0 bridgehead atoms. The Hall–Kier alpha value is -2.97. The van der Waals surface area contributed by atoms with Crippen LogP contribution in [0, 0.1) is 0 Å². The number of likely N-dealkylation sites (tertiary alicyclic amines) is 1. The van der Waals surface area contributed by atoms with E-state index in [1.54, 1.807) is 17.2 Å². The first-order valence-electron chi connectivity index (χ1n) is 7.94. The number of ether oxygens (including phenoxy) is 2. The number of hydrogen-bond acceptors (Lipinski definition) is 7. The van der Waals surface area contributed by atoms with Crippen LogP contribution in [0.25, 0.3) is 0 Å². The zero-order valence-corrected chi connectivity index (χ0v) is 14.1. The second-order valence-corrected chi connectivity index (χ2v) is 5.70. The number of hydrogen-bond donors (Lipinski definition) is 0. The van der Waals surface area contributed by atoms with E-state index in [4.69, 9.17) is 9.47 Å². The molecule has 9 heteroatoms. The number of amides is 1. The van der Waals surface area contributed by atoms with Crippen LogP contribution in [-0.2, 0) is 7.05 Å². The molecule has 1 aliphatic heterocycles. The third-order valence-corrected chi connectivity index (χ3v) is 3.92. The molecule has 1 saturated heterocycles. The van der Waals surface area contributed by atoms with Crippen LogP contribution in [0.4, 0.5) is 0 Å². The fourth-order valence-electron chi connectivity index (χ4n) is 2.66. The van der Waals surface area contributed by atoms with Gasteiger partial charge in [-0.2, -0.15) is 10.1 Å². The van der Waals surface area contributed by atoms with Gasteiger partial charge in [-0.15, -0.1) is 0 Å². The van der Waals surface area contributed by atoms with Gasteiger partial charge < -0.3 is 14.4 Å². The number of carbonyl (C=O) groups is 1. The molecule has 3 heterocycles. The predicted octanol–water partition coefficient (Wildman–Crippen LogP) is 0.262. The van der Waals surface area contributed by atoms with Crippen LogP contribution in [-0.4, -0.2) is 56.9 Å². The van der Waals surface area contributed by atoms with Gasteiger partial charge in [0, 0.05) is 31.9 Å². The molecule has 132 valence electrons. The molecule has 1 unspecified atom stereocenters. The summed E-state index contributed by atoms with van der Waals surface area (Å²) in [4.78, 5) is 33.8. The van der Waals surface area contributed by atoms with Crippen molar-refractivity contribution in [3.63, 3.8) is 0 Å². The number of nitrogens with zero attached hydrogens (tertiary/aromatic N) is 5. The fraction of sp³-hybridized carbons (Fsp3) is 0.438. The lowest BCUT2D eigenvalue weighted by molar-refractivity contribution is 0.0518. The second-order valence-electron chi connectivity index (χ2n) is 5.70. The summed E-state index contributed by atoms with van der Waals surface area (Å²) in [5.74, 6) is 0.190. The van der Waals surface area contributed by atoms with Gasteiger partial charge in [0.1, 0.15) is 11.8 Å². The zero-order valence-electron chi connectivity index (χ0n) is 14.1. The zero-order chi connectivity index (χ0) is 17.8. The smallest absolute Gasteiger partial charge is 0.319 e. The van der Waals surface area contributed by atoms with Gasteiger partial charge in [0.2, 0.25) is 5.88 Å². The van der Waals surface area contributed by atoms with Crippen molar-refractivity contribution in [1.82, 2.24) is 24.6 Å². The Kier molecular flexibility index (Phi) is 4.92. The van der Waals surface area contributed by atoms with Crippen LogP contribution >= 0.6 is 0 Å². The average Bonchev–Trinajstić information content (AvgIpc) is 2.64. The molecular weight excluding hydrogens is 326 g/mol. The van der Waals surface area contributed by atoms with Gasteiger partial charge >= 0.3 is 6.01 Å². The molecule has 1 amide bonds. The molecular formula is C16H19N5O4. The number of piperidine rings is 1. The largest absolute Gasteiger partial charge is 0.472 e. The molecule has 9 nitrogen and oxygen atoms in total. The Labute approximate surface area is 144 Å². The molecule has 1 fully saturated rings. The topological polar surface area (TPSA) is 99.4 Å². The summed E-state index contributed by atoms with van der Waals surface area (Å²) in [5.41, 5.74) is -0.0134. The lowest BCUT2D eigenvalue weighted by Gasteiger charge is -2.32. The summed E-state index contributed by atoms with van der Waals surface area (Å²) in [6.45, 7) is 1.05. The average molecular weight is 345 g/mol. The standard InChI is InChI=1S/C16H19N5O4/c1-20-14(22)6-5-12(19-20)15(23)21-9-3-4-11(10-21)25-13-7-8-17-16(18-13)24-2/h5-8,11H,3-4,9-10H2,1-2H3. The van der Waals surface area contributed by atoms with E-state index < -0.39 is 0 Å². The van der Waals surface area contributed by atoms with E-state index in [1.807, 2.05) is 0 Å². The molecule has 1 aliphatic rings. The van der Waals surface area contributed by atoms with Gasteiger partial charge in [-0.25, -0.2) is 9.67 Å². The van der Waals surface area contributed by atoms with E-state index in [0.29, 0.717) is 19.0 Å². The SMILES string of the molecule is COc1nccc(OC2CCCN(C(=O)c3ccc(=O)n(C)n3)C2)n1. The minimum atomic E-state index is -0.255. The highest BCUT2D eigenvalue weighted by Crippen LogP contribution is 2.19. The van der Waals surface area contributed by atoms with Crippen molar-refractivity contribution in [1.29, 1.82) is 0 Å². The molecule has 0 aromatic carbocycles. The number of aryl methyl sites for hydroxylation is 1. The lowest BCUT2D eigenvalue weighted by atomic mass is 10.1. The van der Waals surface area contributed by atoms with Crippen molar-refractivity contribution in [3.05, 3.63) is 40.4 Å². The van der Waals surface area contributed by atoms with E-state index in [0.717, 1.165) is 17.5 Å². The molecule has 0 spiro atoms. The maximum Gasteiger partial charge on any atom is 0.319 e. The summed E-state index contributed by atoms with van der Waals surface area (Å²) in [5, 5.41) is 4.01. The maximum atomic E-state index is 12.6. The summed E-state index contributed by atoms with van der Waals surface area (Å²) in [6, 6.07) is 4.67. The van der Waals surface area contributed by atoms with Crippen LogP contribution in [0.5, 0.6) is 11.9 Å². The monoisotopic (exact) mass is 345 g/mol. The first-order chi connectivity index (χ1) is 12.1. The van der Waals surface area contributed by atoms with Crippen LogP contribution in [0.1, 0.15) is 23.3 Å². The molecule has 0 radical (unpaired) electrons. The van der Waals surface area contributed by atoms with E-state index in [1.165, 1.54) is 26.3 Å². The summed E-state index contributed by atoms with van der Waals surface area (Å²) >= 11 is 0. The normalized spacial score (nSPS) is 17.2. The molecule has 25 heavy (non-hydrogen) atoms. The number of aromatic nitrogens is 4. The second kappa shape index (κ2) is 7.29. The molecule has 0 aliphatic carbocycles. The van der Waals surface area contributed by atoms with Crippen LogP contribution < -0.4 is 15.0 Å². The number of rotatable bonds is 4. The minimum Gasteiger partial charge on any atom is -0.472 e. The van der Waals surface area contributed by atoms with Crippen molar-refractivity contribution in [2.45, 2.75) is 18.9 Å². The highest BCUT2D eigenvalue weighted by atomic mass is 16.5. The van der Waals surface area contributed by atoms with Crippen LogP contribution in [0.15, 0.2) is 29.2 Å². The van der Waals surface area contributed by atoms with E-state index in [-0.39, 0.29) is 29.3 Å². The fourth-order valence-corrected chi connectivity index (χ4v) is 2.66. The predicted molar refractivity (Wildman–Crippen MR) is 87.6 cm³/mol. The van der Waals surface area contributed by atoms with E-state index in [2.05, 4.69) is 15.1 Å². The Morgan fingerprint density at radius 2 is 2.16 bits per heavy atom. The third kappa shape index (κ3) is 3.93. The van der Waals surface area contributed by atoms with Crippen LogP contribution in [0.2, 0.25) is 0 Å². The van der Waals surface area contributed by atoms with Crippen molar-refractivity contribution < 1.29 is 14.3 Å².